The SMILES string of the molecule is CSc1nnc(C(F)F)n1N=Cc1ccccc1C. The maximum Gasteiger partial charge on any atom is 0.299 e. The molecule has 0 spiro atoms. The van der Waals surface area contributed by atoms with E-state index in [1.165, 1.54) is 18.0 Å². The van der Waals surface area contributed by atoms with Crippen LogP contribution in [0.15, 0.2) is 34.5 Å². The van der Waals surface area contributed by atoms with Crippen molar-refractivity contribution >= 4 is 18.0 Å². The Kier molecular flexibility index (Phi) is 4.26. The van der Waals surface area contributed by atoms with Crippen molar-refractivity contribution in [2.24, 2.45) is 5.10 Å². The summed E-state index contributed by atoms with van der Waals surface area (Å²) in [4.78, 5) is 0. The van der Waals surface area contributed by atoms with Crippen molar-refractivity contribution in [1.82, 2.24) is 14.9 Å². The molecule has 0 unspecified atom stereocenters. The zero-order valence-corrected chi connectivity index (χ0v) is 11.2. The standard InChI is InChI=1S/C12H12F2N4S/c1-8-5-3-4-6-9(8)7-15-18-11(10(13)14)16-17-12(18)19-2/h3-7,10H,1-2H3. The Bertz CT molecular complexity index is 595. The van der Waals surface area contributed by atoms with Gasteiger partial charge in [0.2, 0.25) is 11.0 Å². The summed E-state index contributed by atoms with van der Waals surface area (Å²) in [6.45, 7) is 1.93. The Morgan fingerprint density at radius 3 is 2.68 bits per heavy atom. The van der Waals surface area contributed by atoms with Gasteiger partial charge in [0.1, 0.15) is 0 Å². The Hall–Kier alpha value is -1.76. The summed E-state index contributed by atoms with van der Waals surface area (Å²) in [7, 11) is 0. The summed E-state index contributed by atoms with van der Waals surface area (Å²) >= 11 is 1.22. The minimum Gasteiger partial charge on any atom is -0.201 e. The van der Waals surface area contributed by atoms with Crippen LogP contribution >= 0.6 is 11.8 Å². The molecule has 0 fully saturated rings. The molecule has 0 radical (unpaired) electrons. The largest absolute Gasteiger partial charge is 0.299 e. The van der Waals surface area contributed by atoms with Crippen molar-refractivity contribution in [3.63, 3.8) is 0 Å². The molecule has 0 amide bonds. The third-order valence-corrected chi connectivity index (χ3v) is 3.13. The monoisotopic (exact) mass is 282 g/mol. The van der Waals surface area contributed by atoms with E-state index >= 15 is 0 Å². The molecule has 0 aliphatic heterocycles. The third kappa shape index (κ3) is 2.98. The highest BCUT2D eigenvalue weighted by Crippen LogP contribution is 2.21. The van der Waals surface area contributed by atoms with Crippen LogP contribution in [-0.2, 0) is 0 Å². The zero-order chi connectivity index (χ0) is 13.8. The maximum absolute atomic E-state index is 12.8. The summed E-state index contributed by atoms with van der Waals surface area (Å²) in [5.74, 6) is -0.450. The number of hydrogen-bond donors (Lipinski definition) is 0. The molecule has 1 aromatic heterocycles. The van der Waals surface area contributed by atoms with E-state index in [1.54, 1.807) is 6.26 Å². The van der Waals surface area contributed by atoms with E-state index in [0.29, 0.717) is 5.16 Å². The number of hydrogen-bond acceptors (Lipinski definition) is 4. The van der Waals surface area contributed by atoms with Crippen molar-refractivity contribution in [1.29, 1.82) is 0 Å². The van der Waals surface area contributed by atoms with Gasteiger partial charge in [0, 0.05) is 0 Å². The molecule has 7 heteroatoms. The summed E-state index contributed by atoms with van der Waals surface area (Å²) in [5.41, 5.74) is 1.88. The average molecular weight is 282 g/mol. The first-order chi connectivity index (χ1) is 9.13. The normalized spacial score (nSPS) is 11.6. The zero-order valence-electron chi connectivity index (χ0n) is 10.4. The predicted octanol–water partition coefficient (Wildman–Crippen LogP) is 3.13. The van der Waals surface area contributed by atoms with Crippen molar-refractivity contribution in [2.45, 2.75) is 18.5 Å². The van der Waals surface area contributed by atoms with Crippen LogP contribution in [0, 0.1) is 6.92 Å². The van der Waals surface area contributed by atoms with Crippen LogP contribution in [0.25, 0.3) is 0 Å². The molecule has 100 valence electrons. The van der Waals surface area contributed by atoms with Crippen LogP contribution in [0.1, 0.15) is 23.4 Å². The van der Waals surface area contributed by atoms with Gasteiger partial charge in [-0.2, -0.15) is 9.78 Å². The number of nitrogens with zero attached hydrogens (tertiary/aromatic N) is 4. The smallest absolute Gasteiger partial charge is 0.201 e. The van der Waals surface area contributed by atoms with Crippen LogP contribution in [0.2, 0.25) is 0 Å². The lowest BCUT2D eigenvalue weighted by Crippen LogP contribution is -2.01. The van der Waals surface area contributed by atoms with Crippen LogP contribution < -0.4 is 0 Å². The van der Waals surface area contributed by atoms with Crippen LogP contribution in [0.4, 0.5) is 8.78 Å². The van der Waals surface area contributed by atoms with E-state index in [4.69, 9.17) is 0 Å². The molecule has 0 saturated carbocycles. The van der Waals surface area contributed by atoms with Crippen molar-refractivity contribution in [2.75, 3.05) is 6.26 Å². The van der Waals surface area contributed by atoms with Crippen LogP contribution in [0.5, 0.6) is 0 Å². The molecule has 2 rings (SSSR count). The lowest BCUT2D eigenvalue weighted by molar-refractivity contribution is 0.135. The van der Waals surface area contributed by atoms with Gasteiger partial charge in [0.05, 0.1) is 6.21 Å². The molecular weight excluding hydrogens is 270 g/mol. The Morgan fingerprint density at radius 2 is 2.05 bits per heavy atom. The quantitative estimate of drug-likeness (QED) is 0.639. The Morgan fingerprint density at radius 1 is 1.32 bits per heavy atom. The summed E-state index contributed by atoms with van der Waals surface area (Å²) in [6.07, 6.45) is 0.561. The van der Waals surface area contributed by atoms with Crippen molar-refractivity contribution in [3.05, 3.63) is 41.2 Å². The molecule has 0 bridgehead atoms. The lowest BCUT2D eigenvalue weighted by atomic mass is 10.1. The molecule has 4 nitrogen and oxygen atoms in total. The molecule has 1 heterocycles. The van der Waals surface area contributed by atoms with E-state index in [-0.39, 0.29) is 0 Å². The summed E-state index contributed by atoms with van der Waals surface area (Å²) in [5, 5.41) is 11.5. The molecule has 0 aliphatic carbocycles. The third-order valence-electron chi connectivity index (χ3n) is 2.51. The van der Waals surface area contributed by atoms with Gasteiger partial charge in [0.15, 0.2) is 0 Å². The van der Waals surface area contributed by atoms with Gasteiger partial charge in [-0.05, 0) is 24.3 Å². The van der Waals surface area contributed by atoms with E-state index in [2.05, 4.69) is 15.3 Å². The van der Waals surface area contributed by atoms with Crippen molar-refractivity contribution < 1.29 is 8.78 Å². The lowest BCUT2D eigenvalue weighted by Gasteiger charge is -2.02. The molecule has 1 aromatic carbocycles. The number of benzene rings is 1. The number of aromatic nitrogens is 3. The molecule has 19 heavy (non-hydrogen) atoms. The predicted molar refractivity (Wildman–Crippen MR) is 70.9 cm³/mol. The second-order valence-electron chi connectivity index (χ2n) is 3.76. The number of rotatable bonds is 4. The molecule has 0 N–H and O–H groups in total. The molecular formula is C12H12F2N4S. The number of alkyl halides is 2. The summed E-state index contributed by atoms with van der Waals surface area (Å²) < 4.78 is 26.6. The van der Waals surface area contributed by atoms with Gasteiger partial charge < -0.3 is 0 Å². The number of thioether (sulfide) groups is 1. The first kappa shape index (κ1) is 13.7. The fraction of sp³-hybridized carbons (Fsp3) is 0.250. The summed E-state index contributed by atoms with van der Waals surface area (Å²) in [6, 6.07) is 7.56. The van der Waals surface area contributed by atoms with Crippen molar-refractivity contribution in [3.8, 4) is 0 Å². The topological polar surface area (TPSA) is 43.1 Å². The van der Waals surface area contributed by atoms with Gasteiger partial charge in [-0.15, -0.1) is 10.2 Å². The van der Waals surface area contributed by atoms with Gasteiger partial charge >= 0.3 is 0 Å². The second-order valence-corrected chi connectivity index (χ2v) is 4.53. The minimum absolute atomic E-state index is 0.333. The van der Waals surface area contributed by atoms with Crippen LogP contribution in [0.3, 0.4) is 0 Å². The van der Waals surface area contributed by atoms with E-state index in [1.807, 2.05) is 31.2 Å². The van der Waals surface area contributed by atoms with Gasteiger partial charge in [-0.3, -0.25) is 0 Å². The van der Waals surface area contributed by atoms with E-state index < -0.39 is 12.2 Å². The fourth-order valence-corrected chi connectivity index (χ4v) is 1.94. The molecule has 2 aromatic rings. The van der Waals surface area contributed by atoms with E-state index in [9.17, 15) is 8.78 Å². The average Bonchev–Trinajstić information content (AvgIpc) is 2.81. The highest BCUT2D eigenvalue weighted by atomic mass is 32.2. The molecule has 0 atom stereocenters. The minimum atomic E-state index is -2.71. The van der Waals surface area contributed by atoms with E-state index in [0.717, 1.165) is 15.8 Å². The second kappa shape index (κ2) is 5.92. The van der Waals surface area contributed by atoms with Crippen LogP contribution in [-0.4, -0.2) is 27.3 Å². The number of halogens is 2. The Balaban J connectivity index is 2.37. The number of aryl methyl sites for hydroxylation is 1. The molecule has 0 saturated heterocycles. The Labute approximate surface area is 113 Å². The first-order valence-corrected chi connectivity index (χ1v) is 6.73. The van der Waals surface area contributed by atoms with Gasteiger partial charge in [-0.1, -0.05) is 36.0 Å². The van der Waals surface area contributed by atoms with Gasteiger partial charge in [0.25, 0.3) is 6.43 Å². The molecule has 0 aliphatic rings. The highest BCUT2D eigenvalue weighted by Gasteiger charge is 2.19. The van der Waals surface area contributed by atoms with Gasteiger partial charge in [-0.25, -0.2) is 8.78 Å². The maximum atomic E-state index is 12.8. The highest BCUT2D eigenvalue weighted by molar-refractivity contribution is 7.98. The first-order valence-electron chi connectivity index (χ1n) is 5.51. The fourth-order valence-electron chi connectivity index (χ4n) is 1.50.